The van der Waals surface area contributed by atoms with Gasteiger partial charge in [-0.15, -0.1) is 0 Å². The molecule has 1 saturated heterocycles. The number of nitrogens with one attached hydrogen (secondary N) is 1. The van der Waals surface area contributed by atoms with E-state index in [9.17, 15) is 13.2 Å². The van der Waals surface area contributed by atoms with E-state index in [0.29, 0.717) is 44.0 Å². The number of carbonyl (C=O) groups excluding carboxylic acids is 1. The maximum Gasteiger partial charge on any atom is 0.317 e. The molecule has 1 N–H and O–H groups in total. The Morgan fingerprint density at radius 2 is 1.92 bits per heavy atom. The quantitative estimate of drug-likeness (QED) is 0.901. The van der Waals surface area contributed by atoms with Crippen molar-refractivity contribution in [3.63, 3.8) is 0 Å². The second-order valence-electron chi connectivity index (χ2n) is 6.25. The van der Waals surface area contributed by atoms with Crippen LogP contribution in [0.2, 0.25) is 0 Å². The molecule has 6 nitrogen and oxygen atoms in total. The van der Waals surface area contributed by atoms with Crippen molar-refractivity contribution >= 4 is 16.1 Å². The van der Waals surface area contributed by atoms with Crippen LogP contribution in [0.15, 0.2) is 23.1 Å². The number of sulfonamides is 1. The molecule has 2 rings (SSSR count). The maximum absolute atomic E-state index is 12.9. The number of hydrogen-bond donors (Lipinski definition) is 1. The van der Waals surface area contributed by atoms with E-state index < -0.39 is 10.0 Å². The predicted octanol–water partition coefficient (Wildman–Crippen LogP) is 2.12. The Kier molecular flexibility index (Phi) is 6.23. The Labute approximate surface area is 144 Å². The molecule has 1 aliphatic rings. The Morgan fingerprint density at radius 1 is 1.17 bits per heavy atom. The highest BCUT2D eigenvalue weighted by Crippen LogP contribution is 2.22. The lowest BCUT2D eigenvalue weighted by Crippen LogP contribution is -2.42. The molecular formula is C17H27N3O3S. The first-order valence-corrected chi connectivity index (χ1v) is 9.90. The summed E-state index contributed by atoms with van der Waals surface area (Å²) < 4.78 is 27.4. The second kappa shape index (κ2) is 7.98. The van der Waals surface area contributed by atoms with E-state index in [-0.39, 0.29) is 6.03 Å². The van der Waals surface area contributed by atoms with Crippen LogP contribution in [-0.2, 0) is 10.0 Å². The van der Waals surface area contributed by atoms with Crippen molar-refractivity contribution in [2.24, 2.45) is 0 Å². The number of nitrogens with zero attached hydrogens (tertiary/aromatic N) is 2. The van der Waals surface area contributed by atoms with Gasteiger partial charge in [-0.3, -0.25) is 0 Å². The van der Waals surface area contributed by atoms with E-state index in [1.54, 1.807) is 11.0 Å². The van der Waals surface area contributed by atoms with Crippen molar-refractivity contribution in [1.82, 2.24) is 14.5 Å². The minimum absolute atomic E-state index is 0.109. The van der Waals surface area contributed by atoms with Crippen LogP contribution in [0, 0.1) is 13.8 Å². The molecule has 1 aliphatic heterocycles. The van der Waals surface area contributed by atoms with E-state index in [0.717, 1.165) is 17.5 Å². The molecule has 0 saturated carbocycles. The summed E-state index contributed by atoms with van der Waals surface area (Å²) in [6.45, 7) is 8.17. The molecule has 0 radical (unpaired) electrons. The van der Waals surface area contributed by atoms with Crippen molar-refractivity contribution in [3.05, 3.63) is 29.3 Å². The molecule has 1 aromatic carbocycles. The lowest BCUT2D eigenvalue weighted by Gasteiger charge is -2.23. The van der Waals surface area contributed by atoms with Gasteiger partial charge in [0.25, 0.3) is 0 Å². The zero-order chi connectivity index (χ0) is 17.7. The number of aryl methyl sites for hydroxylation is 2. The first-order chi connectivity index (χ1) is 11.4. The summed E-state index contributed by atoms with van der Waals surface area (Å²) in [5, 5.41) is 2.85. The molecule has 1 aromatic rings. The van der Waals surface area contributed by atoms with Crippen LogP contribution in [0.3, 0.4) is 0 Å². The Balaban J connectivity index is 2.11. The van der Waals surface area contributed by atoms with Gasteiger partial charge in [-0.1, -0.05) is 24.6 Å². The second-order valence-corrected chi connectivity index (χ2v) is 8.15. The molecule has 0 aliphatic carbocycles. The van der Waals surface area contributed by atoms with E-state index >= 15 is 0 Å². The van der Waals surface area contributed by atoms with Crippen LogP contribution in [0.5, 0.6) is 0 Å². The van der Waals surface area contributed by atoms with Crippen LogP contribution in [0.1, 0.15) is 30.9 Å². The van der Waals surface area contributed by atoms with Crippen molar-refractivity contribution in [1.29, 1.82) is 0 Å². The van der Waals surface area contributed by atoms with Gasteiger partial charge >= 0.3 is 6.03 Å². The Morgan fingerprint density at radius 3 is 2.58 bits per heavy atom. The van der Waals surface area contributed by atoms with Crippen LogP contribution < -0.4 is 5.32 Å². The van der Waals surface area contributed by atoms with Gasteiger partial charge in [-0.25, -0.2) is 13.2 Å². The van der Waals surface area contributed by atoms with Gasteiger partial charge in [0.15, 0.2) is 0 Å². The summed E-state index contributed by atoms with van der Waals surface area (Å²) in [6, 6.07) is 5.27. The average Bonchev–Trinajstić information content (AvgIpc) is 2.78. The Bertz CT molecular complexity index is 688. The van der Waals surface area contributed by atoms with Gasteiger partial charge in [0, 0.05) is 32.7 Å². The molecule has 134 valence electrons. The molecule has 0 atom stereocenters. The van der Waals surface area contributed by atoms with Crippen molar-refractivity contribution < 1.29 is 13.2 Å². The van der Waals surface area contributed by atoms with Gasteiger partial charge in [-0.2, -0.15) is 4.31 Å². The number of benzene rings is 1. The molecule has 1 heterocycles. The van der Waals surface area contributed by atoms with E-state index in [1.807, 2.05) is 32.9 Å². The van der Waals surface area contributed by atoms with E-state index in [2.05, 4.69) is 5.32 Å². The zero-order valence-electron chi connectivity index (χ0n) is 14.7. The Hall–Kier alpha value is -1.60. The van der Waals surface area contributed by atoms with Gasteiger partial charge < -0.3 is 10.2 Å². The SMILES string of the molecule is CCCNC(=O)N1CCCN(S(=O)(=O)c2ccc(C)cc2C)CC1. The molecule has 0 spiro atoms. The molecule has 2 amide bonds. The first kappa shape index (κ1) is 18.7. The fraction of sp³-hybridized carbons (Fsp3) is 0.588. The fourth-order valence-electron chi connectivity index (χ4n) is 2.91. The van der Waals surface area contributed by atoms with Gasteiger partial charge in [-0.05, 0) is 38.3 Å². The van der Waals surface area contributed by atoms with Crippen molar-refractivity contribution in [2.75, 3.05) is 32.7 Å². The highest BCUT2D eigenvalue weighted by Gasteiger charge is 2.29. The molecule has 1 fully saturated rings. The summed E-state index contributed by atoms with van der Waals surface area (Å²) >= 11 is 0. The smallest absolute Gasteiger partial charge is 0.317 e. The summed E-state index contributed by atoms with van der Waals surface area (Å²) in [5.74, 6) is 0. The summed E-state index contributed by atoms with van der Waals surface area (Å²) in [6.07, 6.45) is 1.52. The van der Waals surface area contributed by atoms with Crippen molar-refractivity contribution in [3.8, 4) is 0 Å². The third kappa shape index (κ3) is 4.27. The largest absolute Gasteiger partial charge is 0.338 e. The van der Waals surface area contributed by atoms with Gasteiger partial charge in [0.2, 0.25) is 10.0 Å². The maximum atomic E-state index is 12.9. The lowest BCUT2D eigenvalue weighted by atomic mass is 10.2. The van der Waals surface area contributed by atoms with Crippen molar-refractivity contribution in [2.45, 2.75) is 38.5 Å². The minimum Gasteiger partial charge on any atom is -0.338 e. The monoisotopic (exact) mass is 353 g/mol. The first-order valence-electron chi connectivity index (χ1n) is 8.46. The third-order valence-electron chi connectivity index (χ3n) is 4.22. The molecule has 0 unspecified atom stereocenters. The van der Waals surface area contributed by atoms with Gasteiger partial charge in [0.1, 0.15) is 0 Å². The molecular weight excluding hydrogens is 326 g/mol. The number of rotatable bonds is 4. The highest BCUT2D eigenvalue weighted by molar-refractivity contribution is 7.89. The van der Waals surface area contributed by atoms with E-state index in [1.165, 1.54) is 4.31 Å². The number of hydrogen-bond acceptors (Lipinski definition) is 3. The standard InChI is InChI=1S/C17H27N3O3S/c1-4-8-18-17(21)19-9-5-10-20(12-11-19)24(22,23)16-7-6-14(2)13-15(16)3/h6-7,13H,4-5,8-12H2,1-3H3,(H,18,21). The summed E-state index contributed by atoms with van der Waals surface area (Å²) in [4.78, 5) is 14.1. The average molecular weight is 353 g/mol. The van der Waals surface area contributed by atoms with Crippen LogP contribution >= 0.6 is 0 Å². The van der Waals surface area contributed by atoms with Gasteiger partial charge in [0.05, 0.1) is 4.90 Å². The van der Waals surface area contributed by atoms with Crippen LogP contribution in [0.25, 0.3) is 0 Å². The van der Waals surface area contributed by atoms with E-state index in [4.69, 9.17) is 0 Å². The fourth-order valence-corrected chi connectivity index (χ4v) is 4.58. The summed E-state index contributed by atoms with van der Waals surface area (Å²) in [5.41, 5.74) is 1.80. The highest BCUT2D eigenvalue weighted by atomic mass is 32.2. The molecule has 24 heavy (non-hydrogen) atoms. The summed E-state index contributed by atoms with van der Waals surface area (Å²) in [7, 11) is -3.52. The minimum atomic E-state index is -3.52. The number of amides is 2. The van der Waals surface area contributed by atoms with Crippen LogP contribution in [-0.4, -0.2) is 56.4 Å². The lowest BCUT2D eigenvalue weighted by molar-refractivity contribution is 0.200. The number of carbonyl (C=O) groups is 1. The third-order valence-corrected chi connectivity index (χ3v) is 6.28. The topological polar surface area (TPSA) is 69.7 Å². The number of urea groups is 1. The normalized spacial score (nSPS) is 16.7. The van der Waals surface area contributed by atoms with Crippen LogP contribution in [0.4, 0.5) is 4.79 Å². The molecule has 0 aromatic heterocycles. The molecule has 7 heteroatoms. The zero-order valence-corrected chi connectivity index (χ0v) is 15.5. The molecule has 0 bridgehead atoms. The predicted molar refractivity (Wildman–Crippen MR) is 94.6 cm³/mol.